The molecule has 2 N–H and O–H groups in total. The summed E-state index contributed by atoms with van der Waals surface area (Å²) >= 11 is 3.09. The average Bonchev–Trinajstić information content (AvgIpc) is 2.26. The van der Waals surface area contributed by atoms with Gasteiger partial charge in [0.1, 0.15) is 0 Å². The van der Waals surface area contributed by atoms with Gasteiger partial charge in [0.15, 0.2) is 0 Å². The van der Waals surface area contributed by atoms with Crippen molar-refractivity contribution in [1.82, 2.24) is 4.90 Å². The van der Waals surface area contributed by atoms with E-state index in [0.717, 1.165) is 0 Å². The Morgan fingerprint density at radius 1 is 1.47 bits per heavy atom. The third-order valence-electron chi connectivity index (χ3n) is 2.31. The van der Waals surface area contributed by atoms with Crippen molar-refractivity contribution in [3.05, 3.63) is 28.2 Å². The van der Waals surface area contributed by atoms with Crippen LogP contribution in [0, 0.1) is 0 Å². The molecule has 0 fully saturated rings. The first-order valence-corrected chi connectivity index (χ1v) is 7.19. The SMILES string of the molecule is CCN(C)C(=O)c1ccc(Br)c(S(N)(=O)=O)c1. The van der Waals surface area contributed by atoms with E-state index in [2.05, 4.69) is 15.9 Å². The summed E-state index contributed by atoms with van der Waals surface area (Å²) in [5.41, 5.74) is 0.293. The highest BCUT2D eigenvalue weighted by molar-refractivity contribution is 9.10. The van der Waals surface area contributed by atoms with E-state index in [1.807, 2.05) is 6.92 Å². The van der Waals surface area contributed by atoms with Crippen LogP contribution in [0.5, 0.6) is 0 Å². The molecule has 1 aromatic rings. The normalized spacial score (nSPS) is 11.3. The molecule has 17 heavy (non-hydrogen) atoms. The van der Waals surface area contributed by atoms with Gasteiger partial charge >= 0.3 is 0 Å². The molecular weight excluding hydrogens is 308 g/mol. The second kappa shape index (κ2) is 5.16. The quantitative estimate of drug-likeness (QED) is 0.908. The highest BCUT2D eigenvalue weighted by Crippen LogP contribution is 2.22. The Morgan fingerprint density at radius 3 is 2.53 bits per heavy atom. The van der Waals surface area contributed by atoms with E-state index in [1.54, 1.807) is 13.1 Å². The molecule has 1 rings (SSSR count). The summed E-state index contributed by atoms with van der Waals surface area (Å²) < 4.78 is 22.9. The molecule has 1 amide bonds. The summed E-state index contributed by atoms with van der Waals surface area (Å²) in [7, 11) is -2.20. The molecule has 0 saturated carbocycles. The summed E-state index contributed by atoms with van der Waals surface area (Å²) in [5.74, 6) is -0.245. The fourth-order valence-corrected chi connectivity index (χ4v) is 2.77. The van der Waals surface area contributed by atoms with E-state index in [0.29, 0.717) is 16.6 Å². The summed E-state index contributed by atoms with van der Waals surface area (Å²) in [6.45, 7) is 2.37. The van der Waals surface area contributed by atoms with Gasteiger partial charge in [0.05, 0.1) is 4.90 Å². The lowest BCUT2D eigenvalue weighted by Gasteiger charge is -2.15. The first-order chi connectivity index (χ1) is 7.77. The molecule has 7 heteroatoms. The zero-order valence-corrected chi connectivity index (χ0v) is 11.9. The Kier molecular flexibility index (Phi) is 4.29. The molecule has 94 valence electrons. The molecule has 0 saturated heterocycles. The molecular formula is C10H13BrN2O3S. The van der Waals surface area contributed by atoms with Crippen LogP contribution in [0.2, 0.25) is 0 Å². The average molecular weight is 321 g/mol. The fourth-order valence-electron chi connectivity index (χ4n) is 1.22. The van der Waals surface area contributed by atoms with Gasteiger partial charge in [-0.3, -0.25) is 4.79 Å². The molecule has 0 aliphatic rings. The Hall–Kier alpha value is -0.920. The first kappa shape index (κ1) is 14.1. The monoisotopic (exact) mass is 320 g/mol. The Morgan fingerprint density at radius 2 is 2.06 bits per heavy atom. The highest BCUT2D eigenvalue weighted by atomic mass is 79.9. The number of halogens is 1. The number of carbonyl (C=O) groups excluding carboxylic acids is 1. The van der Waals surface area contributed by atoms with Gasteiger partial charge in [-0.1, -0.05) is 0 Å². The number of benzene rings is 1. The van der Waals surface area contributed by atoms with Gasteiger partial charge in [-0.2, -0.15) is 0 Å². The lowest BCUT2D eigenvalue weighted by atomic mass is 10.2. The van der Waals surface area contributed by atoms with E-state index >= 15 is 0 Å². The van der Waals surface area contributed by atoms with Crippen molar-refractivity contribution in [2.24, 2.45) is 5.14 Å². The molecule has 0 aliphatic carbocycles. The summed E-state index contributed by atoms with van der Waals surface area (Å²) in [6.07, 6.45) is 0. The van der Waals surface area contributed by atoms with Crippen LogP contribution in [-0.2, 0) is 10.0 Å². The van der Waals surface area contributed by atoms with Gasteiger partial charge < -0.3 is 4.90 Å². The summed E-state index contributed by atoms with van der Waals surface area (Å²) in [4.78, 5) is 13.2. The maximum absolute atomic E-state index is 11.8. The van der Waals surface area contributed by atoms with Gasteiger partial charge in [0.25, 0.3) is 5.91 Å². The van der Waals surface area contributed by atoms with Gasteiger partial charge in [-0.05, 0) is 41.1 Å². The minimum Gasteiger partial charge on any atom is -0.342 e. The minimum atomic E-state index is -3.84. The van der Waals surface area contributed by atoms with Crippen molar-refractivity contribution in [3.63, 3.8) is 0 Å². The number of sulfonamides is 1. The predicted molar refractivity (Wildman–Crippen MR) is 68.1 cm³/mol. The Balaban J connectivity index is 3.27. The molecule has 1 aromatic carbocycles. The van der Waals surface area contributed by atoms with Crippen LogP contribution in [0.15, 0.2) is 27.6 Å². The van der Waals surface area contributed by atoms with Gasteiger partial charge in [-0.15, -0.1) is 0 Å². The van der Waals surface area contributed by atoms with Crippen LogP contribution < -0.4 is 5.14 Å². The topological polar surface area (TPSA) is 80.5 Å². The first-order valence-electron chi connectivity index (χ1n) is 4.85. The number of nitrogens with zero attached hydrogens (tertiary/aromatic N) is 1. The molecule has 0 aliphatic heterocycles. The predicted octanol–water partition coefficient (Wildman–Crippen LogP) is 1.19. The molecule has 5 nitrogen and oxygen atoms in total. The highest BCUT2D eigenvalue weighted by Gasteiger charge is 2.17. The number of nitrogens with two attached hydrogens (primary N) is 1. The van der Waals surface area contributed by atoms with Crippen molar-refractivity contribution in [2.45, 2.75) is 11.8 Å². The molecule has 0 atom stereocenters. The zero-order chi connectivity index (χ0) is 13.2. The number of hydrogen-bond donors (Lipinski definition) is 1. The number of amides is 1. The van der Waals surface area contributed by atoms with Crippen LogP contribution >= 0.6 is 15.9 Å². The van der Waals surface area contributed by atoms with E-state index in [-0.39, 0.29) is 10.8 Å². The van der Waals surface area contributed by atoms with E-state index < -0.39 is 10.0 Å². The Labute approximate surface area is 109 Å². The molecule has 0 aromatic heterocycles. The number of hydrogen-bond acceptors (Lipinski definition) is 3. The Bertz CT molecular complexity index is 542. The van der Waals surface area contributed by atoms with Gasteiger partial charge in [-0.25, -0.2) is 13.6 Å². The van der Waals surface area contributed by atoms with Gasteiger partial charge in [0.2, 0.25) is 10.0 Å². The lowest BCUT2D eigenvalue weighted by molar-refractivity contribution is 0.0802. The second-order valence-corrected chi connectivity index (χ2v) is 5.89. The smallest absolute Gasteiger partial charge is 0.253 e. The third-order valence-corrected chi connectivity index (χ3v) is 4.21. The molecule has 0 heterocycles. The maximum atomic E-state index is 11.8. The van der Waals surface area contributed by atoms with Crippen LogP contribution in [0.25, 0.3) is 0 Å². The van der Waals surface area contributed by atoms with Crippen molar-refractivity contribution in [2.75, 3.05) is 13.6 Å². The van der Waals surface area contributed by atoms with Crippen LogP contribution in [0.4, 0.5) is 0 Å². The maximum Gasteiger partial charge on any atom is 0.253 e. The van der Waals surface area contributed by atoms with E-state index in [9.17, 15) is 13.2 Å². The largest absolute Gasteiger partial charge is 0.342 e. The van der Waals surface area contributed by atoms with Crippen molar-refractivity contribution >= 4 is 31.9 Å². The summed E-state index contributed by atoms with van der Waals surface area (Å²) in [5, 5.41) is 5.05. The fraction of sp³-hybridized carbons (Fsp3) is 0.300. The minimum absolute atomic E-state index is 0.0900. The summed E-state index contributed by atoms with van der Waals surface area (Å²) in [6, 6.07) is 4.32. The zero-order valence-electron chi connectivity index (χ0n) is 9.47. The number of rotatable bonds is 3. The van der Waals surface area contributed by atoms with E-state index in [1.165, 1.54) is 17.0 Å². The van der Waals surface area contributed by atoms with E-state index in [4.69, 9.17) is 5.14 Å². The molecule has 0 bridgehead atoms. The number of carbonyl (C=O) groups is 1. The third kappa shape index (κ3) is 3.27. The number of primary sulfonamides is 1. The van der Waals surface area contributed by atoms with Crippen LogP contribution in [0.1, 0.15) is 17.3 Å². The molecule has 0 spiro atoms. The van der Waals surface area contributed by atoms with Crippen molar-refractivity contribution in [1.29, 1.82) is 0 Å². The lowest BCUT2D eigenvalue weighted by Crippen LogP contribution is -2.26. The van der Waals surface area contributed by atoms with Gasteiger partial charge in [0, 0.05) is 23.6 Å². The van der Waals surface area contributed by atoms with Crippen LogP contribution in [-0.4, -0.2) is 32.8 Å². The molecule has 0 radical (unpaired) electrons. The second-order valence-electron chi connectivity index (χ2n) is 3.51. The standard InChI is InChI=1S/C10H13BrN2O3S/c1-3-13(2)10(14)7-4-5-8(11)9(6-7)17(12,15)16/h4-6H,3H2,1-2H3,(H2,12,15,16). The van der Waals surface area contributed by atoms with Crippen LogP contribution in [0.3, 0.4) is 0 Å². The van der Waals surface area contributed by atoms with Crippen molar-refractivity contribution in [3.8, 4) is 0 Å². The van der Waals surface area contributed by atoms with Crippen molar-refractivity contribution < 1.29 is 13.2 Å². The molecule has 0 unspecified atom stereocenters.